The Morgan fingerprint density at radius 3 is 3.06 bits per heavy atom. The number of hydrogen-bond donors (Lipinski definition) is 1. The molecule has 1 aromatic rings. The first kappa shape index (κ1) is 12.4. The van der Waals surface area contributed by atoms with Crippen LogP contribution in [0.5, 0.6) is 0 Å². The second-order valence-electron chi connectivity index (χ2n) is 4.21. The highest BCUT2D eigenvalue weighted by Gasteiger charge is 2.13. The van der Waals surface area contributed by atoms with Crippen LogP contribution in [-0.4, -0.2) is 19.3 Å². The van der Waals surface area contributed by atoms with Gasteiger partial charge in [-0.25, -0.2) is 0 Å². The van der Waals surface area contributed by atoms with Gasteiger partial charge in [-0.05, 0) is 30.5 Å². The first-order chi connectivity index (χ1) is 8.29. The van der Waals surface area contributed by atoms with E-state index < -0.39 is 0 Å². The molecule has 0 aliphatic carbocycles. The predicted octanol–water partition coefficient (Wildman–Crippen LogP) is 2.48. The number of rotatable bonds is 3. The van der Waals surface area contributed by atoms with Crippen LogP contribution in [0.1, 0.15) is 24.0 Å². The van der Waals surface area contributed by atoms with Gasteiger partial charge in [-0.3, -0.25) is 0 Å². The van der Waals surface area contributed by atoms with E-state index in [0.29, 0.717) is 16.6 Å². The third-order valence-electron chi connectivity index (χ3n) is 2.92. The molecule has 0 spiro atoms. The SMILES string of the molecule is N#Cc1ccc(CNC2CCCOC2)c(Cl)c1. The molecule has 17 heavy (non-hydrogen) atoms. The van der Waals surface area contributed by atoms with Gasteiger partial charge < -0.3 is 10.1 Å². The maximum Gasteiger partial charge on any atom is 0.0992 e. The molecule has 1 aliphatic rings. The molecular formula is C13H15ClN2O. The van der Waals surface area contributed by atoms with E-state index in [0.717, 1.165) is 38.2 Å². The summed E-state index contributed by atoms with van der Waals surface area (Å²) in [7, 11) is 0. The van der Waals surface area contributed by atoms with Gasteiger partial charge in [0.25, 0.3) is 0 Å². The molecule has 3 nitrogen and oxygen atoms in total. The fraction of sp³-hybridized carbons (Fsp3) is 0.462. The third-order valence-corrected chi connectivity index (χ3v) is 3.28. The lowest BCUT2D eigenvalue weighted by Crippen LogP contribution is -2.36. The van der Waals surface area contributed by atoms with Crippen LogP contribution in [0, 0.1) is 11.3 Å². The Bertz CT molecular complexity index is 422. The highest BCUT2D eigenvalue weighted by atomic mass is 35.5. The zero-order valence-electron chi connectivity index (χ0n) is 9.58. The van der Waals surface area contributed by atoms with Crippen LogP contribution in [0.15, 0.2) is 18.2 Å². The van der Waals surface area contributed by atoms with Crippen molar-refractivity contribution in [2.75, 3.05) is 13.2 Å². The van der Waals surface area contributed by atoms with Crippen molar-refractivity contribution in [3.63, 3.8) is 0 Å². The van der Waals surface area contributed by atoms with Gasteiger partial charge in [-0.2, -0.15) is 5.26 Å². The molecule has 1 atom stereocenters. The fourth-order valence-electron chi connectivity index (χ4n) is 1.92. The molecule has 90 valence electrons. The highest BCUT2D eigenvalue weighted by molar-refractivity contribution is 6.31. The molecule has 1 aliphatic heterocycles. The molecule has 4 heteroatoms. The van der Waals surface area contributed by atoms with Crippen LogP contribution in [0.2, 0.25) is 5.02 Å². The Hall–Kier alpha value is -1.08. The summed E-state index contributed by atoms with van der Waals surface area (Å²) in [5.41, 5.74) is 1.62. The molecule has 1 N–H and O–H groups in total. The van der Waals surface area contributed by atoms with Crippen LogP contribution >= 0.6 is 11.6 Å². The van der Waals surface area contributed by atoms with Crippen molar-refractivity contribution >= 4 is 11.6 Å². The van der Waals surface area contributed by atoms with Gasteiger partial charge in [0.2, 0.25) is 0 Å². The number of ether oxygens (including phenoxy) is 1. The van der Waals surface area contributed by atoms with Crippen molar-refractivity contribution in [2.45, 2.75) is 25.4 Å². The minimum absolute atomic E-state index is 0.412. The number of nitriles is 1. The van der Waals surface area contributed by atoms with Crippen molar-refractivity contribution in [1.82, 2.24) is 5.32 Å². The zero-order chi connectivity index (χ0) is 12.1. The summed E-state index contributed by atoms with van der Waals surface area (Å²) in [6.45, 7) is 2.36. The summed E-state index contributed by atoms with van der Waals surface area (Å²) in [6.07, 6.45) is 2.26. The highest BCUT2D eigenvalue weighted by Crippen LogP contribution is 2.18. The van der Waals surface area contributed by atoms with Crippen LogP contribution in [-0.2, 0) is 11.3 Å². The summed E-state index contributed by atoms with van der Waals surface area (Å²) in [4.78, 5) is 0. The van der Waals surface area contributed by atoms with Crippen LogP contribution in [0.4, 0.5) is 0 Å². The quantitative estimate of drug-likeness (QED) is 0.897. The number of halogens is 1. The van der Waals surface area contributed by atoms with Gasteiger partial charge in [0.05, 0.1) is 18.2 Å². The van der Waals surface area contributed by atoms with E-state index in [2.05, 4.69) is 11.4 Å². The standard InChI is InChI=1S/C13H15ClN2O/c14-13-6-10(7-15)3-4-11(13)8-16-12-2-1-5-17-9-12/h3-4,6,12,16H,1-2,5,8-9H2. The van der Waals surface area contributed by atoms with Gasteiger partial charge in [0.15, 0.2) is 0 Å². The minimum Gasteiger partial charge on any atom is -0.380 e. The minimum atomic E-state index is 0.412. The Balaban J connectivity index is 1.92. The second-order valence-corrected chi connectivity index (χ2v) is 4.62. The molecule has 1 aromatic carbocycles. The monoisotopic (exact) mass is 250 g/mol. The molecule has 0 amide bonds. The van der Waals surface area contributed by atoms with E-state index in [9.17, 15) is 0 Å². The Labute approximate surface area is 106 Å². The third kappa shape index (κ3) is 3.44. The molecular weight excluding hydrogens is 236 g/mol. The number of nitrogens with one attached hydrogen (secondary N) is 1. The van der Waals surface area contributed by atoms with E-state index in [1.807, 2.05) is 6.07 Å². The summed E-state index contributed by atoms with van der Waals surface area (Å²) in [5.74, 6) is 0. The zero-order valence-corrected chi connectivity index (χ0v) is 10.3. The van der Waals surface area contributed by atoms with Crippen molar-refractivity contribution in [3.05, 3.63) is 34.3 Å². The fourth-order valence-corrected chi connectivity index (χ4v) is 2.16. The van der Waals surface area contributed by atoms with Gasteiger partial charge in [-0.15, -0.1) is 0 Å². The average Bonchev–Trinajstić information content (AvgIpc) is 2.38. The van der Waals surface area contributed by atoms with E-state index in [4.69, 9.17) is 21.6 Å². The first-order valence-corrected chi connectivity index (χ1v) is 6.17. The van der Waals surface area contributed by atoms with Gasteiger partial charge in [-0.1, -0.05) is 17.7 Å². The Morgan fingerprint density at radius 2 is 2.41 bits per heavy atom. The van der Waals surface area contributed by atoms with Crippen LogP contribution in [0.25, 0.3) is 0 Å². The maximum absolute atomic E-state index is 8.75. The molecule has 0 aromatic heterocycles. The molecule has 0 saturated carbocycles. The molecule has 0 radical (unpaired) electrons. The van der Waals surface area contributed by atoms with Gasteiger partial charge in [0, 0.05) is 24.2 Å². The topological polar surface area (TPSA) is 45.0 Å². The summed E-state index contributed by atoms with van der Waals surface area (Å²) < 4.78 is 5.40. The summed E-state index contributed by atoms with van der Waals surface area (Å²) >= 11 is 6.10. The van der Waals surface area contributed by atoms with E-state index in [1.165, 1.54) is 0 Å². The van der Waals surface area contributed by atoms with E-state index in [-0.39, 0.29) is 0 Å². The Kier molecular flexibility index (Phi) is 4.38. The lowest BCUT2D eigenvalue weighted by molar-refractivity contribution is 0.0699. The normalized spacial score (nSPS) is 19.9. The van der Waals surface area contributed by atoms with Crippen molar-refractivity contribution in [2.24, 2.45) is 0 Å². The van der Waals surface area contributed by atoms with Crippen molar-refractivity contribution in [3.8, 4) is 6.07 Å². The second kappa shape index (κ2) is 6.02. The maximum atomic E-state index is 8.75. The smallest absolute Gasteiger partial charge is 0.0992 e. The number of hydrogen-bond acceptors (Lipinski definition) is 3. The van der Waals surface area contributed by atoms with E-state index in [1.54, 1.807) is 12.1 Å². The molecule has 1 fully saturated rings. The first-order valence-electron chi connectivity index (χ1n) is 5.79. The summed E-state index contributed by atoms with van der Waals surface area (Å²) in [5, 5.41) is 12.8. The molecule has 2 rings (SSSR count). The lowest BCUT2D eigenvalue weighted by atomic mass is 10.1. The van der Waals surface area contributed by atoms with Crippen LogP contribution < -0.4 is 5.32 Å². The van der Waals surface area contributed by atoms with Crippen LogP contribution in [0.3, 0.4) is 0 Å². The average molecular weight is 251 g/mol. The summed E-state index contributed by atoms with van der Waals surface area (Å²) in [6, 6.07) is 7.88. The van der Waals surface area contributed by atoms with E-state index >= 15 is 0 Å². The van der Waals surface area contributed by atoms with Crippen molar-refractivity contribution < 1.29 is 4.74 Å². The molecule has 1 unspecified atom stereocenters. The lowest BCUT2D eigenvalue weighted by Gasteiger charge is -2.23. The van der Waals surface area contributed by atoms with Crippen molar-refractivity contribution in [1.29, 1.82) is 5.26 Å². The Morgan fingerprint density at radius 1 is 1.53 bits per heavy atom. The number of benzene rings is 1. The van der Waals surface area contributed by atoms with Gasteiger partial charge >= 0.3 is 0 Å². The largest absolute Gasteiger partial charge is 0.380 e. The molecule has 1 heterocycles. The molecule has 0 bridgehead atoms. The number of nitrogens with zero attached hydrogens (tertiary/aromatic N) is 1. The predicted molar refractivity (Wildman–Crippen MR) is 66.8 cm³/mol. The molecule has 1 saturated heterocycles. The van der Waals surface area contributed by atoms with Gasteiger partial charge in [0.1, 0.15) is 0 Å².